The number of aromatic amines is 1. The van der Waals surface area contributed by atoms with Crippen molar-refractivity contribution in [3.05, 3.63) is 32.9 Å². The van der Waals surface area contributed by atoms with Gasteiger partial charge < -0.3 is 10.3 Å². The van der Waals surface area contributed by atoms with Gasteiger partial charge in [-0.25, -0.2) is 0 Å². The number of nitrogens with zero attached hydrogens (tertiary/aromatic N) is 1. The van der Waals surface area contributed by atoms with E-state index in [0.717, 1.165) is 27.7 Å². The van der Waals surface area contributed by atoms with E-state index in [0.29, 0.717) is 16.6 Å². The quantitative estimate of drug-likeness (QED) is 0.753. The van der Waals surface area contributed by atoms with Crippen molar-refractivity contribution in [3.63, 3.8) is 0 Å². The average molecular weight is 366 g/mol. The topological polar surface area (TPSA) is 68.7 Å². The lowest BCUT2D eigenvalue weighted by molar-refractivity contribution is -0.122. The Kier molecular flexibility index (Phi) is 5.79. The zero-order valence-electron chi connectivity index (χ0n) is 14.3. The minimum atomic E-state index is -0.302. The number of halogens is 2. The van der Waals surface area contributed by atoms with Crippen LogP contribution in [0, 0.1) is 11.3 Å². The lowest BCUT2D eigenvalue weighted by Crippen LogP contribution is -2.27. The van der Waals surface area contributed by atoms with E-state index < -0.39 is 0 Å². The summed E-state index contributed by atoms with van der Waals surface area (Å²) < 4.78 is 0. The van der Waals surface area contributed by atoms with Gasteiger partial charge in [-0.2, -0.15) is 5.26 Å². The number of carbonyl (C=O) groups is 1. The Hall–Kier alpha value is -1.70. The number of H-pyrrole nitrogens is 1. The summed E-state index contributed by atoms with van der Waals surface area (Å²) in [6, 6.07) is 3.88. The molecule has 128 valence electrons. The molecule has 0 fully saturated rings. The third-order valence-corrected chi connectivity index (χ3v) is 5.08. The number of hydrogen-bond donors (Lipinski definition) is 2. The van der Waals surface area contributed by atoms with Gasteiger partial charge in [0.2, 0.25) is 5.91 Å². The first-order valence-corrected chi connectivity index (χ1v) is 8.88. The number of nitriles is 1. The van der Waals surface area contributed by atoms with Gasteiger partial charge in [-0.15, -0.1) is 0 Å². The summed E-state index contributed by atoms with van der Waals surface area (Å²) in [7, 11) is 0. The van der Waals surface area contributed by atoms with E-state index in [2.05, 4.69) is 16.4 Å². The maximum Gasteiger partial charge on any atom is 0.227 e. The van der Waals surface area contributed by atoms with E-state index in [1.54, 1.807) is 6.07 Å². The zero-order valence-corrected chi connectivity index (χ0v) is 15.8. The molecule has 0 radical (unpaired) electrons. The second-order valence-electron chi connectivity index (χ2n) is 5.74. The molecule has 4 nitrogen and oxygen atoms in total. The van der Waals surface area contributed by atoms with E-state index >= 15 is 0 Å². The van der Waals surface area contributed by atoms with Gasteiger partial charge in [0.25, 0.3) is 0 Å². The van der Waals surface area contributed by atoms with E-state index in [-0.39, 0.29) is 24.2 Å². The van der Waals surface area contributed by atoms with Crippen LogP contribution < -0.4 is 5.32 Å². The van der Waals surface area contributed by atoms with Crippen LogP contribution in [0.3, 0.4) is 0 Å². The lowest BCUT2D eigenvalue weighted by atomic mass is 9.91. The number of aromatic nitrogens is 1. The van der Waals surface area contributed by atoms with E-state index in [4.69, 9.17) is 28.5 Å². The molecule has 2 atom stereocenters. The molecule has 6 heteroatoms. The Morgan fingerprint density at radius 2 is 2.00 bits per heavy atom. The van der Waals surface area contributed by atoms with Gasteiger partial charge in [-0.05, 0) is 24.1 Å². The predicted octanol–water partition coefficient (Wildman–Crippen LogP) is 4.90. The van der Waals surface area contributed by atoms with Gasteiger partial charge >= 0.3 is 0 Å². The van der Waals surface area contributed by atoms with Gasteiger partial charge in [-0.1, -0.05) is 44.0 Å². The smallest absolute Gasteiger partial charge is 0.227 e. The number of hydrogen-bond acceptors (Lipinski definition) is 2. The van der Waals surface area contributed by atoms with Crippen molar-refractivity contribution in [1.82, 2.24) is 10.3 Å². The number of nitrogens with one attached hydrogen (secondary N) is 2. The Morgan fingerprint density at radius 3 is 2.62 bits per heavy atom. The molecule has 2 unspecified atom stereocenters. The van der Waals surface area contributed by atoms with Crippen molar-refractivity contribution in [2.24, 2.45) is 0 Å². The highest BCUT2D eigenvalue weighted by molar-refractivity contribution is 6.45. The monoisotopic (exact) mass is 365 g/mol. The van der Waals surface area contributed by atoms with E-state index in [1.807, 2.05) is 27.7 Å². The average Bonchev–Trinajstić information content (AvgIpc) is 2.95. The molecule has 0 saturated heterocycles. The van der Waals surface area contributed by atoms with Crippen LogP contribution in [0.2, 0.25) is 10.0 Å². The van der Waals surface area contributed by atoms with Gasteiger partial charge in [0.1, 0.15) is 0 Å². The van der Waals surface area contributed by atoms with E-state index in [9.17, 15) is 4.79 Å². The molecule has 2 aromatic rings. The first-order valence-electron chi connectivity index (χ1n) is 8.12. The first kappa shape index (κ1) is 18.6. The molecule has 1 aliphatic rings. The number of amides is 1. The van der Waals surface area contributed by atoms with Crippen LogP contribution in [0.1, 0.15) is 56.4 Å². The molecule has 2 N–H and O–H groups in total. The predicted molar refractivity (Wildman–Crippen MR) is 98.8 cm³/mol. The highest BCUT2D eigenvalue weighted by Crippen LogP contribution is 2.42. The van der Waals surface area contributed by atoms with Gasteiger partial charge in [0.15, 0.2) is 0 Å². The molecule has 24 heavy (non-hydrogen) atoms. The molecular formula is C18H21Cl2N3O. The number of carbonyl (C=O) groups excluding carboxylic acids is 1. The second kappa shape index (κ2) is 7.46. The van der Waals surface area contributed by atoms with Crippen LogP contribution in [0.25, 0.3) is 10.9 Å². The summed E-state index contributed by atoms with van der Waals surface area (Å²) in [4.78, 5) is 15.6. The summed E-state index contributed by atoms with van der Waals surface area (Å²) in [5, 5.41) is 13.7. The summed E-state index contributed by atoms with van der Waals surface area (Å²) in [5.74, 6) is -0.176. The number of benzene rings is 1. The van der Waals surface area contributed by atoms with Gasteiger partial charge in [0, 0.05) is 23.5 Å². The molecule has 1 aromatic heterocycles. The summed E-state index contributed by atoms with van der Waals surface area (Å²) in [6.07, 6.45) is 0.223. The Bertz CT molecular complexity index is 820. The normalized spacial score (nSPS) is 19.6. The molecule has 0 saturated carbocycles. The van der Waals surface area contributed by atoms with Gasteiger partial charge in [-0.3, -0.25) is 4.79 Å². The first-order chi connectivity index (χ1) is 11.5. The van der Waals surface area contributed by atoms with Crippen LogP contribution in [0.4, 0.5) is 0 Å². The SMILES string of the molecule is CC.CC1CNC(=O)C(C)c2c1[nH]c1c(Cl)c(Cl)cc(CC#N)c21. The minimum absolute atomic E-state index is 0.0134. The van der Waals surface area contributed by atoms with Crippen molar-refractivity contribution in [3.8, 4) is 6.07 Å². The van der Waals surface area contributed by atoms with Crippen LogP contribution >= 0.6 is 23.2 Å². The van der Waals surface area contributed by atoms with Crippen molar-refractivity contribution in [1.29, 1.82) is 5.26 Å². The van der Waals surface area contributed by atoms with Crippen LogP contribution in [0.15, 0.2) is 6.07 Å². The van der Waals surface area contributed by atoms with Crippen molar-refractivity contribution < 1.29 is 4.79 Å². The summed E-state index contributed by atoms with van der Waals surface area (Å²) in [5.41, 5.74) is 3.45. The Morgan fingerprint density at radius 1 is 1.33 bits per heavy atom. The zero-order chi connectivity index (χ0) is 18.0. The molecular weight excluding hydrogens is 345 g/mol. The maximum atomic E-state index is 12.2. The summed E-state index contributed by atoms with van der Waals surface area (Å²) >= 11 is 12.5. The molecule has 1 amide bonds. The molecule has 1 aliphatic heterocycles. The molecule has 3 rings (SSSR count). The minimum Gasteiger partial charge on any atom is -0.357 e. The fourth-order valence-electron chi connectivity index (χ4n) is 3.14. The molecule has 1 aromatic carbocycles. The summed E-state index contributed by atoms with van der Waals surface area (Å²) in [6.45, 7) is 8.49. The van der Waals surface area contributed by atoms with Crippen LogP contribution in [-0.4, -0.2) is 17.4 Å². The maximum absolute atomic E-state index is 12.2. The second-order valence-corrected chi connectivity index (χ2v) is 6.52. The van der Waals surface area contributed by atoms with Crippen molar-refractivity contribution >= 4 is 40.0 Å². The molecule has 0 aliphatic carbocycles. The lowest BCUT2D eigenvalue weighted by Gasteiger charge is -2.11. The van der Waals surface area contributed by atoms with Crippen molar-refractivity contribution in [2.75, 3.05) is 6.54 Å². The van der Waals surface area contributed by atoms with E-state index in [1.165, 1.54) is 0 Å². The molecule has 2 heterocycles. The fraction of sp³-hybridized carbons (Fsp3) is 0.444. The standard InChI is InChI=1S/C16H15Cl2N3O.C2H6/c1-7-6-20-16(22)8(2)11-12-9(3-4-19)5-10(17)13(18)15(12)21-14(7)11;1-2/h5,7-8,21H,3,6H2,1-2H3,(H,20,22);1-2H3. The fourth-order valence-corrected chi connectivity index (χ4v) is 3.57. The largest absolute Gasteiger partial charge is 0.357 e. The highest BCUT2D eigenvalue weighted by Gasteiger charge is 2.31. The Labute approximate surface area is 152 Å². The molecule has 0 bridgehead atoms. The molecule has 0 spiro atoms. The van der Waals surface area contributed by atoms with Crippen molar-refractivity contribution in [2.45, 2.75) is 46.0 Å². The Balaban J connectivity index is 0.00000100. The number of fused-ring (bicyclic) bond motifs is 3. The number of rotatable bonds is 1. The van der Waals surface area contributed by atoms with Gasteiger partial charge in [0.05, 0.1) is 34.0 Å². The van der Waals surface area contributed by atoms with Crippen LogP contribution in [-0.2, 0) is 11.2 Å². The third-order valence-electron chi connectivity index (χ3n) is 4.29. The third kappa shape index (κ3) is 2.99. The highest BCUT2D eigenvalue weighted by atomic mass is 35.5. The van der Waals surface area contributed by atoms with Crippen LogP contribution in [0.5, 0.6) is 0 Å².